The zero-order chi connectivity index (χ0) is 35.5. The third-order valence-corrected chi connectivity index (χ3v) is 11.0. The molecule has 0 spiro atoms. The summed E-state index contributed by atoms with van der Waals surface area (Å²) in [5.74, 6) is 0. The van der Waals surface area contributed by atoms with Gasteiger partial charge in [-0.2, -0.15) is 0 Å². The highest BCUT2D eigenvalue weighted by atomic mass is 14.7. The molecule has 1 aliphatic rings. The summed E-state index contributed by atoms with van der Waals surface area (Å²) < 4.78 is 0. The van der Waals surface area contributed by atoms with Crippen molar-refractivity contribution >= 4 is 21.8 Å². The van der Waals surface area contributed by atoms with Gasteiger partial charge in [0.1, 0.15) is 0 Å². The largest absolute Gasteiger partial charge is 0.256 e. The van der Waals surface area contributed by atoms with Gasteiger partial charge in [-0.3, -0.25) is 9.97 Å². The number of fused-ring (bicyclic) bond motifs is 5. The fourth-order valence-corrected chi connectivity index (χ4v) is 8.16. The van der Waals surface area contributed by atoms with Crippen LogP contribution in [0.15, 0.2) is 176 Å². The highest BCUT2D eigenvalue weighted by molar-refractivity contribution is 5.93. The first-order valence-electron chi connectivity index (χ1n) is 18.2. The molecule has 3 heterocycles. The quantitative estimate of drug-likeness (QED) is 0.182. The van der Waals surface area contributed by atoms with Crippen molar-refractivity contribution in [3.8, 4) is 67.0 Å². The third kappa shape index (κ3) is 5.32. The van der Waals surface area contributed by atoms with Crippen LogP contribution in [-0.4, -0.2) is 15.0 Å². The maximum absolute atomic E-state index is 5.21. The molecule has 0 atom stereocenters. The number of benzene rings is 6. The Hall–Kier alpha value is -6.71. The molecule has 6 aromatic carbocycles. The van der Waals surface area contributed by atoms with Crippen molar-refractivity contribution < 1.29 is 0 Å². The van der Waals surface area contributed by atoms with E-state index in [2.05, 4.69) is 175 Å². The van der Waals surface area contributed by atoms with Crippen LogP contribution in [0.3, 0.4) is 0 Å². The Morgan fingerprint density at radius 1 is 0.377 bits per heavy atom. The van der Waals surface area contributed by atoms with Gasteiger partial charge in [-0.15, -0.1) is 0 Å². The number of hydrogen-bond acceptors (Lipinski definition) is 3. The van der Waals surface area contributed by atoms with E-state index >= 15 is 0 Å². The summed E-state index contributed by atoms with van der Waals surface area (Å²) in [5.41, 5.74) is 18.6. The van der Waals surface area contributed by atoms with E-state index in [4.69, 9.17) is 4.98 Å². The van der Waals surface area contributed by atoms with Gasteiger partial charge in [0.2, 0.25) is 0 Å². The van der Waals surface area contributed by atoms with E-state index in [1.165, 1.54) is 44.5 Å². The van der Waals surface area contributed by atoms with Gasteiger partial charge in [-0.05, 0) is 104 Å². The van der Waals surface area contributed by atoms with Gasteiger partial charge in [0.05, 0.1) is 22.4 Å². The number of hydrogen-bond donors (Lipinski definition) is 0. The molecule has 53 heavy (non-hydrogen) atoms. The van der Waals surface area contributed by atoms with E-state index < -0.39 is 0 Å². The molecule has 0 fully saturated rings. The molecule has 0 radical (unpaired) electrons. The average Bonchev–Trinajstić information content (AvgIpc) is 3.46. The normalized spacial score (nSPS) is 12.9. The molecule has 1 aliphatic carbocycles. The summed E-state index contributed by atoms with van der Waals surface area (Å²) in [6.07, 6.45) is 3.67. The summed E-state index contributed by atoms with van der Waals surface area (Å²) in [4.78, 5) is 14.3. The molecule has 3 aromatic heterocycles. The highest BCUT2D eigenvalue weighted by Crippen LogP contribution is 2.52. The van der Waals surface area contributed by atoms with Crippen LogP contribution in [0.1, 0.15) is 25.0 Å². The Labute approximate surface area is 309 Å². The van der Waals surface area contributed by atoms with Crippen molar-refractivity contribution in [1.29, 1.82) is 0 Å². The van der Waals surface area contributed by atoms with Crippen LogP contribution in [0, 0.1) is 0 Å². The van der Waals surface area contributed by atoms with E-state index in [-0.39, 0.29) is 5.41 Å². The first-order chi connectivity index (χ1) is 26.0. The fraction of sp³-hybridized carbons (Fsp3) is 0.0600. The van der Waals surface area contributed by atoms with Crippen LogP contribution < -0.4 is 0 Å². The standard InChI is InChI=1S/C50H35N3/c1-50(2)43-12-4-3-10-42(43)49-41(11-5-13-44(49)50)35-20-18-33(19-21-35)32-14-16-34(17-15-32)40-30-47(38-22-24-45-36(28-38)8-6-26-51-45)53-48(31-40)39-23-25-46-37(29-39)9-7-27-52-46/h3-31H,1-2H3. The first kappa shape index (κ1) is 31.1. The van der Waals surface area contributed by atoms with Crippen molar-refractivity contribution in [3.63, 3.8) is 0 Å². The number of nitrogens with zero attached hydrogens (tertiary/aromatic N) is 3. The van der Waals surface area contributed by atoms with Crippen molar-refractivity contribution in [3.05, 3.63) is 187 Å². The monoisotopic (exact) mass is 677 g/mol. The van der Waals surface area contributed by atoms with E-state index in [0.29, 0.717) is 0 Å². The van der Waals surface area contributed by atoms with Crippen LogP contribution in [0.4, 0.5) is 0 Å². The number of rotatable bonds is 5. The minimum absolute atomic E-state index is 0.0140. The van der Waals surface area contributed by atoms with Gasteiger partial charge in [0, 0.05) is 39.7 Å². The Kier molecular flexibility index (Phi) is 7.16. The van der Waals surface area contributed by atoms with Crippen LogP contribution in [-0.2, 0) is 5.41 Å². The molecule has 0 saturated heterocycles. The van der Waals surface area contributed by atoms with Gasteiger partial charge in [-0.25, -0.2) is 4.98 Å². The van der Waals surface area contributed by atoms with Gasteiger partial charge in [-0.1, -0.05) is 129 Å². The predicted molar refractivity (Wildman–Crippen MR) is 220 cm³/mol. The number of aromatic nitrogens is 3. The van der Waals surface area contributed by atoms with Crippen LogP contribution >= 0.6 is 0 Å². The van der Waals surface area contributed by atoms with Gasteiger partial charge in [0.25, 0.3) is 0 Å². The molecule has 3 nitrogen and oxygen atoms in total. The van der Waals surface area contributed by atoms with Crippen LogP contribution in [0.5, 0.6) is 0 Å². The van der Waals surface area contributed by atoms with Crippen molar-refractivity contribution in [2.45, 2.75) is 19.3 Å². The summed E-state index contributed by atoms with van der Waals surface area (Å²) in [7, 11) is 0. The zero-order valence-electron chi connectivity index (χ0n) is 29.6. The molecule has 0 amide bonds. The molecule has 0 aliphatic heterocycles. The first-order valence-corrected chi connectivity index (χ1v) is 18.2. The second-order valence-electron chi connectivity index (χ2n) is 14.5. The minimum atomic E-state index is -0.0140. The molecule has 3 heteroatoms. The molecule has 250 valence electrons. The lowest BCUT2D eigenvalue weighted by Crippen LogP contribution is -2.14. The van der Waals surface area contributed by atoms with E-state index in [0.717, 1.165) is 55.4 Å². The molecule has 10 rings (SSSR count). The lowest BCUT2D eigenvalue weighted by Gasteiger charge is -2.21. The van der Waals surface area contributed by atoms with Crippen molar-refractivity contribution in [2.75, 3.05) is 0 Å². The lowest BCUT2D eigenvalue weighted by molar-refractivity contribution is 0.660. The zero-order valence-corrected chi connectivity index (χ0v) is 29.6. The van der Waals surface area contributed by atoms with Crippen LogP contribution in [0.25, 0.3) is 88.8 Å². The second kappa shape index (κ2) is 12.2. The fourth-order valence-electron chi connectivity index (χ4n) is 8.16. The van der Waals surface area contributed by atoms with Crippen molar-refractivity contribution in [2.24, 2.45) is 0 Å². The summed E-state index contributed by atoms with van der Waals surface area (Å²) in [5, 5.41) is 2.19. The highest BCUT2D eigenvalue weighted by Gasteiger charge is 2.36. The van der Waals surface area contributed by atoms with Gasteiger partial charge >= 0.3 is 0 Å². The average molecular weight is 678 g/mol. The molecular formula is C50H35N3. The SMILES string of the molecule is CC1(C)c2ccccc2-c2c(-c3ccc(-c4ccc(-c5cc(-c6ccc7ncccc7c6)nc(-c6ccc7ncccc7c6)c5)cc4)cc3)cccc21. The third-order valence-electron chi connectivity index (χ3n) is 11.0. The molecule has 9 aromatic rings. The predicted octanol–water partition coefficient (Wildman–Crippen LogP) is 12.8. The Bertz CT molecular complexity index is 2750. The summed E-state index contributed by atoms with van der Waals surface area (Å²) in [6, 6.07) is 58.9. The number of pyridine rings is 3. The van der Waals surface area contributed by atoms with Gasteiger partial charge < -0.3 is 0 Å². The summed E-state index contributed by atoms with van der Waals surface area (Å²) in [6.45, 7) is 4.67. The van der Waals surface area contributed by atoms with Crippen molar-refractivity contribution in [1.82, 2.24) is 15.0 Å². The van der Waals surface area contributed by atoms with E-state index in [9.17, 15) is 0 Å². The smallest absolute Gasteiger partial charge is 0.0715 e. The Morgan fingerprint density at radius 3 is 1.47 bits per heavy atom. The Balaban J connectivity index is 1.01. The maximum Gasteiger partial charge on any atom is 0.0715 e. The molecule has 0 bridgehead atoms. The molecule has 0 N–H and O–H groups in total. The van der Waals surface area contributed by atoms with Crippen LogP contribution in [0.2, 0.25) is 0 Å². The molecule has 0 saturated carbocycles. The second-order valence-corrected chi connectivity index (χ2v) is 14.5. The van der Waals surface area contributed by atoms with Gasteiger partial charge in [0.15, 0.2) is 0 Å². The summed E-state index contributed by atoms with van der Waals surface area (Å²) >= 11 is 0. The maximum atomic E-state index is 5.21. The lowest BCUT2D eigenvalue weighted by atomic mass is 9.82. The molecule has 0 unspecified atom stereocenters. The minimum Gasteiger partial charge on any atom is -0.256 e. The van der Waals surface area contributed by atoms with E-state index in [1.54, 1.807) is 0 Å². The molecular weight excluding hydrogens is 643 g/mol. The van der Waals surface area contributed by atoms with E-state index in [1.807, 2.05) is 24.5 Å². The Morgan fingerprint density at radius 2 is 0.868 bits per heavy atom. The topological polar surface area (TPSA) is 38.7 Å².